The van der Waals surface area contributed by atoms with Gasteiger partial charge in [0.25, 0.3) is 0 Å². The van der Waals surface area contributed by atoms with Crippen molar-refractivity contribution in [3.05, 3.63) is 48.7 Å². The largest absolute Gasteiger partial charge is 0.492 e. The molecule has 2 nitrogen and oxygen atoms in total. The van der Waals surface area contributed by atoms with Crippen molar-refractivity contribution in [2.75, 3.05) is 7.11 Å². The molecule has 0 saturated carbocycles. The molecule has 0 N–H and O–H groups in total. The van der Waals surface area contributed by atoms with Crippen molar-refractivity contribution < 1.29 is 9.15 Å². The number of hydrogen-bond donors (Lipinski definition) is 0. The van der Waals surface area contributed by atoms with E-state index in [1.54, 1.807) is 13.4 Å². The number of methoxy groups -OCH3 is 1. The Labute approximate surface area is 99.1 Å². The van der Waals surface area contributed by atoms with Gasteiger partial charge in [0.15, 0.2) is 11.3 Å². The van der Waals surface area contributed by atoms with Crippen molar-refractivity contribution >= 4 is 27.8 Å². The summed E-state index contributed by atoms with van der Waals surface area (Å²) in [6.45, 7) is 3.86. The van der Waals surface area contributed by atoms with Crippen LogP contribution in [-0.2, 0) is 0 Å². The molecule has 17 heavy (non-hydrogen) atoms. The van der Waals surface area contributed by atoms with Crippen molar-refractivity contribution in [3.8, 4) is 5.75 Å². The second kappa shape index (κ2) is 3.67. The highest BCUT2D eigenvalue weighted by molar-refractivity contribution is 6.12. The summed E-state index contributed by atoms with van der Waals surface area (Å²) in [6.07, 6.45) is 3.50. The molecule has 0 radical (unpaired) electrons. The first-order valence-electron chi connectivity index (χ1n) is 5.45. The summed E-state index contributed by atoms with van der Waals surface area (Å²) in [6, 6.07) is 10.2. The fourth-order valence-electron chi connectivity index (χ4n) is 2.30. The highest BCUT2D eigenvalue weighted by Crippen LogP contribution is 2.38. The zero-order valence-electron chi connectivity index (χ0n) is 9.57. The summed E-state index contributed by atoms with van der Waals surface area (Å²) in [5, 5.41) is 3.36. The lowest BCUT2D eigenvalue weighted by Gasteiger charge is -2.10. The Bertz CT molecular complexity index is 707. The fraction of sp³-hybridized carbons (Fsp3) is 0.0667. The summed E-state index contributed by atoms with van der Waals surface area (Å²) >= 11 is 0. The maximum Gasteiger partial charge on any atom is 0.176 e. The molecule has 0 saturated heterocycles. The molecule has 0 amide bonds. The molecule has 0 bridgehead atoms. The molecule has 1 heterocycles. The Morgan fingerprint density at radius 3 is 2.59 bits per heavy atom. The summed E-state index contributed by atoms with van der Waals surface area (Å²) in [7, 11) is 1.65. The molecular weight excluding hydrogens is 212 g/mol. The molecule has 84 valence electrons. The van der Waals surface area contributed by atoms with E-state index in [9.17, 15) is 0 Å². The number of fused-ring (bicyclic) bond motifs is 3. The molecule has 0 atom stereocenters. The summed E-state index contributed by atoms with van der Waals surface area (Å²) in [5.74, 6) is 0.749. The second-order valence-corrected chi connectivity index (χ2v) is 3.86. The zero-order valence-corrected chi connectivity index (χ0v) is 9.57. The topological polar surface area (TPSA) is 22.4 Å². The molecule has 1 aromatic heterocycles. The first-order chi connectivity index (χ1) is 8.36. The van der Waals surface area contributed by atoms with Gasteiger partial charge in [0.05, 0.1) is 13.4 Å². The van der Waals surface area contributed by atoms with Gasteiger partial charge in [0, 0.05) is 10.9 Å². The van der Waals surface area contributed by atoms with Crippen molar-refractivity contribution in [2.24, 2.45) is 0 Å². The Kier molecular flexibility index (Phi) is 2.15. The van der Waals surface area contributed by atoms with Crippen LogP contribution < -0.4 is 4.74 Å². The summed E-state index contributed by atoms with van der Waals surface area (Å²) < 4.78 is 11.0. The standard InChI is InChI=1S/C15H12O2/c1-3-10-11-6-4-5-7-12(11)13-8-9-17-15(13)14(10)16-2/h3-9H,1H2,2H3. The first-order valence-corrected chi connectivity index (χ1v) is 5.45. The predicted octanol–water partition coefficient (Wildman–Crippen LogP) is 4.24. The van der Waals surface area contributed by atoms with Gasteiger partial charge < -0.3 is 9.15 Å². The average Bonchev–Trinajstić information content (AvgIpc) is 2.86. The number of furan rings is 1. The van der Waals surface area contributed by atoms with Crippen LogP contribution in [0.5, 0.6) is 5.75 Å². The average molecular weight is 224 g/mol. The van der Waals surface area contributed by atoms with Gasteiger partial charge in [-0.05, 0) is 16.8 Å². The van der Waals surface area contributed by atoms with Crippen LogP contribution in [-0.4, -0.2) is 7.11 Å². The lowest BCUT2D eigenvalue weighted by molar-refractivity contribution is 0.410. The molecule has 0 unspecified atom stereocenters. The summed E-state index contributed by atoms with van der Waals surface area (Å²) in [4.78, 5) is 0. The predicted molar refractivity (Wildman–Crippen MR) is 70.4 cm³/mol. The minimum Gasteiger partial charge on any atom is -0.492 e. The Morgan fingerprint density at radius 1 is 1.12 bits per heavy atom. The minimum absolute atomic E-state index is 0.749. The van der Waals surface area contributed by atoms with E-state index >= 15 is 0 Å². The first kappa shape index (κ1) is 9.97. The van der Waals surface area contributed by atoms with Crippen LogP contribution >= 0.6 is 0 Å². The Hall–Kier alpha value is -2.22. The van der Waals surface area contributed by atoms with Crippen LogP contribution in [0.25, 0.3) is 27.8 Å². The molecular formula is C15H12O2. The van der Waals surface area contributed by atoms with Gasteiger partial charge >= 0.3 is 0 Å². The van der Waals surface area contributed by atoms with Gasteiger partial charge in [0.2, 0.25) is 0 Å². The molecule has 3 rings (SSSR count). The van der Waals surface area contributed by atoms with Gasteiger partial charge in [-0.1, -0.05) is 36.9 Å². The van der Waals surface area contributed by atoms with Crippen molar-refractivity contribution in [2.45, 2.75) is 0 Å². The Balaban J connectivity index is 2.64. The Morgan fingerprint density at radius 2 is 1.88 bits per heavy atom. The molecule has 0 aliphatic rings. The van der Waals surface area contributed by atoms with E-state index in [0.717, 1.165) is 33.1 Å². The van der Waals surface area contributed by atoms with E-state index in [0.29, 0.717) is 0 Å². The second-order valence-electron chi connectivity index (χ2n) is 3.86. The van der Waals surface area contributed by atoms with Crippen LogP contribution in [0.15, 0.2) is 47.6 Å². The van der Waals surface area contributed by atoms with Crippen LogP contribution in [0.1, 0.15) is 5.56 Å². The van der Waals surface area contributed by atoms with Crippen LogP contribution in [0, 0.1) is 0 Å². The van der Waals surface area contributed by atoms with Gasteiger partial charge in [-0.25, -0.2) is 0 Å². The number of hydrogen-bond acceptors (Lipinski definition) is 2. The molecule has 0 aliphatic carbocycles. The van der Waals surface area contributed by atoms with Gasteiger partial charge in [-0.2, -0.15) is 0 Å². The van der Waals surface area contributed by atoms with E-state index in [2.05, 4.69) is 18.7 Å². The molecule has 3 aromatic rings. The molecule has 0 spiro atoms. The molecule has 2 heteroatoms. The maximum atomic E-state index is 5.52. The van der Waals surface area contributed by atoms with E-state index in [1.165, 1.54) is 0 Å². The number of benzene rings is 2. The minimum atomic E-state index is 0.749. The normalized spacial score (nSPS) is 10.9. The van der Waals surface area contributed by atoms with Crippen molar-refractivity contribution in [3.63, 3.8) is 0 Å². The maximum absolute atomic E-state index is 5.52. The van der Waals surface area contributed by atoms with Gasteiger partial charge in [-0.3, -0.25) is 0 Å². The highest BCUT2D eigenvalue weighted by atomic mass is 16.5. The lowest BCUT2D eigenvalue weighted by atomic mass is 10.00. The van der Waals surface area contributed by atoms with Crippen LogP contribution in [0.4, 0.5) is 0 Å². The third kappa shape index (κ3) is 1.27. The lowest BCUT2D eigenvalue weighted by Crippen LogP contribution is -1.89. The van der Waals surface area contributed by atoms with E-state index < -0.39 is 0 Å². The monoisotopic (exact) mass is 224 g/mol. The third-order valence-electron chi connectivity index (χ3n) is 3.03. The SMILES string of the molecule is C=Cc1c(OC)c2occc2c2ccccc12. The number of ether oxygens (including phenoxy) is 1. The quantitative estimate of drug-likeness (QED) is 0.649. The molecule has 0 fully saturated rings. The third-order valence-corrected chi connectivity index (χ3v) is 3.03. The van der Waals surface area contributed by atoms with Crippen LogP contribution in [0.3, 0.4) is 0 Å². The van der Waals surface area contributed by atoms with Gasteiger partial charge in [-0.15, -0.1) is 0 Å². The molecule has 2 aromatic carbocycles. The van der Waals surface area contributed by atoms with Crippen LogP contribution in [0.2, 0.25) is 0 Å². The number of rotatable bonds is 2. The van der Waals surface area contributed by atoms with E-state index in [1.807, 2.05) is 24.3 Å². The highest BCUT2D eigenvalue weighted by Gasteiger charge is 2.14. The molecule has 0 aliphatic heterocycles. The van der Waals surface area contributed by atoms with Gasteiger partial charge in [0.1, 0.15) is 0 Å². The summed E-state index contributed by atoms with van der Waals surface area (Å²) in [5.41, 5.74) is 1.76. The van der Waals surface area contributed by atoms with Crippen molar-refractivity contribution in [1.29, 1.82) is 0 Å². The van der Waals surface area contributed by atoms with E-state index in [-0.39, 0.29) is 0 Å². The smallest absolute Gasteiger partial charge is 0.176 e. The van der Waals surface area contributed by atoms with Crippen molar-refractivity contribution in [1.82, 2.24) is 0 Å². The zero-order chi connectivity index (χ0) is 11.8. The van der Waals surface area contributed by atoms with E-state index in [4.69, 9.17) is 9.15 Å². The fourth-order valence-corrected chi connectivity index (χ4v) is 2.30.